The van der Waals surface area contributed by atoms with Gasteiger partial charge in [0.05, 0.1) is 5.70 Å². The lowest BCUT2D eigenvalue weighted by Crippen LogP contribution is -2.27. The van der Waals surface area contributed by atoms with Crippen molar-refractivity contribution >= 4 is 17.5 Å². The van der Waals surface area contributed by atoms with Crippen molar-refractivity contribution in [1.29, 1.82) is 0 Å². The summed E-state index contributed by atoms with van der Waals surface area (Å²) in [7, 11) is 0. The number of nitrogens with two attached hydrogens (primary N) is 1. The molecular formula is C20H26N2S. The second kappa shape index (κ2) is 7.84. The van der Waals surface area contributed by atoms with Crippen LogP contribution in [-0.4, -0.2) is 17.5 Å². The highest BCUT2D eigenvalue weighted by Gasteiger charge is 2.17. The van der Waals surface area contributed by atoms with Crippen LogP contribution in [0.2, 0.25) is 0 Å². The van der Waals surface area contributed by atoms with Gasteiger partial charge in [-0.3, -0.25) is 0 Å². The Hall–Kier alpha value is -1.53. The lowest BCUT2D eigenvalue weighted by atomic mass is 10.1. The average Bonchev–Trinajstić information content (AvgIpc) is 3.43. The summed E-state index contributed by atoms with van der Waals surface area (Å²) >= 11 is 2.09. The molecule has 3 rings (SSSR count). The molecule has 1 atom stereocenters. The van der Waals surface area contributed by atoms with Crippen molar-refractivity contribution in [1.82, 2.24) is 5.32 Å². The molecule has 2 aliphatic rings. The van der Waals surface area contributed by atoms with Crippen LogP contribution in [-0.2, 0) is 0 Å². The minimum absolute atomic E-state index is 0.642. The molecule has 23 heavy (non-hydrogen) atoms. The lowest BCUT2D eigenvalue weighted by Gasteiger charge is -2.22. The molecule has 1 saturated carbocycles. The molecule has 3 heteroatoms. The topological polar surface area (TPSA) is 38.0 Å². The molecule has 122 valence electrons. The first-order valence-corrected chi connectivity index (χ1v) is 9.71. The first-order chi connectivity index (χ1) is 11.2. The number of rotatable bonds is 4. The standard InChI is InChI=1S/C20H26N2S/c1-15(22-14-19-4-2-3-13-23-19)20(21)18-11-9-17(10-12-18)8-7-16-5-6-16/h9-12,16,19,22H,2-6,13-14,21H2,1H3/b20-15-. The van der Waals surface area contributed by atoms with Crippen LogP contribution in [0.15, 0.2) is 30.0 Å². The summed E-state index contributed by atoms with van der Waals surface area (Å²) < 4.78 is 0. The number of benzene rings is 1. The number of hydrogen-bond acceptors (Lipinski definition) is 3. The zero-order valence-corrected chi connectivity index (χ0v) is 14.7. The van der Waals surface area contributed by atoms with Crippen LogP contribution in [0, 0.1) is 17.8 Å². The molecule has 0 bridgehead atoms. The van der Waals surface area contributed by atoms with Crippen LogP contribution in [0.5, 0.6) is 0 Å². The van der Waals surface area contributed by atoms with E-state index in [0.717, 1.165) is 34.3 Å². The molecule has 0 amide bonds. The van der Waals surface area contributed by atoms with Crippen molar-refractivity contribution in [2.24, 2.45) is 11.7 Å². The van der Waals surface area contributed by atoms with Gasteiger partial charge in [0.2, 0.25) is 0 Å². The Labute approximate surface area is 144 Å². The largest absolute Gasteiger partial charge is 0.397 e. The van der Waals surface area contributed by atoms with E-state index in [1.165, 1.54) is 37.9 Å². The molecule has 1 unspecified atom stereocenters. The minimum atomic E-state index is 0.642. The molecule has 3 N–H and O–H groups in total. The number of nitrogens with one attached hydrogen (secondary N) is 1. The highest BCUT2D eigenvalue weighted by atomic mass is 32.2. The van der Waals surface area contributed by atoms with Gasteiger partial charge in [-0.05, 0) is 56.1 Å². The normalized spacial score (nSPS) is 21.9. The van der Waals surface area contributed by atoms with Crippen LogP contribution in [0.4, 0.5) is 0 Å². The molecule has 1 heterocycles. The highest BCUT2D eigenvalue weighted by molar-refractivity contribution is 7.99. The fourth-order valence-electron chi connectivity index (χ4n) is 2.69. The van der Waals surface area contributed by atoms with Crippen LogP contribution >= 0.6 is 11.8 Å². The van der Waals surface area contributed by atoms with Gasteiger partial charge < -0.3 is 11.1 Å². The van der Waals surface area contributed by atoms with E-state index < -0.39 is 0 Å². The van der Waals surface area contributed by atoms with Crippen LogP contribution in [0.3, 0.4) is 0 Å². The summed E-state index contributed by atoms with van der Waals surface area (Å²) in [6.45, 7) is 3.09. The van der Waals surface area contributed by atoms with Gasteiger partial charge in [0.15, 0.2) is 0 Å². The Morgan fingerprint density at radius 1 is 1.22 bits per heavy atom. The predicted octanol–water partition coefficient (Wildman–Crippen LogP) is 3.97. The Kier molecular flexibility index (Phi) is 5.56. The van der Waals surface area contributed by atoms with E-state index in [1.807, 2.05) is 0 Å². The second-order valence-electron chi connectivity index (χ2n) is 6.53. The maximum absolute atomic E-state index is 6.31. The van der Waals surface area contributed by atoms with Gasteiger partial charge in [0.25, 0.3) is 0 Å². The van der Waals surface area contributed by atoms with Crippen LogP contribution < -0.4 is 11.1 Å². The smallest absolute Gasteiger partial charge is 0.0577 e. The van der Waals surface area contributed by atoms with Crippen molar-refractivity contribution in [2.45, 2.75) is 44.3 Å². The molecule has 1 aromatic carbocycles. The van der Waals surface area contributed by atoms with Gasteiger partial charge in [-0.15, -0.1) is 0 Å². The molecule has 1 aliphatic carbocycles. The highest BCUT2D eigenvalue weighted by Crippen LogP contribution is 2.27. The van der Waals surface area contributed by atoms with E-state index in [4.69, 9.17) is 5.73 Å². The molecule has 0 radical (unpaired) electrons. The Bertz CT molecular complexity index is 611. The third-order valence-corrected chi connectivity index (χ3v) is 5.86. The summed E-state index contributed by atoms with van der Waals surface area (Å²) in [6, 6.07) is 8.29. The van der Waals surface area contributed by atoms with E-state index in [9.17, 15) is 0 Å². The van der Waals surface area contributed by atoms with Crippen molar-refractivity contribution in [3.05, 3.63) is 41.1 Å². The van der Waals surface area contributed by atoms with Crippen LogP contribution in [0.25, 0.3) is 5.70 Å². The van der Waals surface area contributed by atoms with E-state index >= 15 is 0 Å². The molecule has 0 spiro atoms. The van der Waals surface area contributed by atoms with Crippen molar-refractivity contribution in [3.63, 3.8) is 0 Å². The fraction of sp³-hybridized carbons (Fsp3) is 0.500. The van der Waals surface area contributed by atoms with Crippen molar-refractivity contribution in [2.75, 3.05) is 12.3 Å². The van der Waals surface area contributed by atoms with Gasteiger partial charge in [0, 0.05) is 29.0 Å². The number of hydrogen-bond donors (Lipinski definition) is 2. The van der Waals surface area contributed by atoms with Gasteiger partial charge in [-0.1, -0.05) is 30.4 Å². The third-order valence-electron chi connectivity index (χ3n) is 4.47. The predicted molar refractivity (Wildman–Crippen MR) is 101 cm³/mol. The van der Waals surface area contributed by atoms with E-state index in [2.05, 4.69) is 60.1 Å². The lowest BCUT2D eigenvalue weighted by molar-refractivity contribution is 0.632. The maximum atomic E-state index is 6.31. The quantitative estimate of drug-likeness (QED) is 0.822. The summed E-state index contributed by atoms with van der Waals surface area (Å²) in [6.07, 6.45) is 6.59. The summed E-state index contributed by atoms with van der Waals surface area (Å²) in [5.41, 5.74) is 10.4. The minimum Gasteiger partial charge on any atom is -0.397 e. The molecule has 0 aromatic heterocycles. The van der Waals surface area contributed by atoms with Crippen molar-refractivity contribution in [3.8, 4) is 11.8 Å². The summed E-state index contributed by atoms with van der Waals surface area (Å²) in [5, 5.41) is 4.25. The van der Waals surface area contributed by atoms with Gasteiger partial charge >= 0.3 is 0 Å². The summed E-state index contributed by atoms with van der Waals surface area (Å²) in [5.74, 6) is 8.48. The van der Waals surface area contributed by atoms with Crippen molar-refractivity contribution < 1.29 is 0 Å². The molecule has 2 nitrogen and oxygen atoms in total. The monoisotopic (exact) mass is 326 g/mol. The zero-order valence-electron chi connectivity index (χ0n) is 13.9. The number of allylic oxidation sites excluding steroid dienone is 1. The molecule has 1 aromatic rings. The average molecular weight is 327 g/mol. The van der Waals surface area contributed by atoms with Gasteiger partial charge in [-0.2, -0.15) is 11.8 Å². The molecular weight excluding hydrogens is 300 g/mol. The Morgan fingerprint density at radius 3 is 2.65 bits per heavy atom. The van der Waals surface area contributed by atoms with Gasteiger partial charge in [0.1, 0.15) is 0 Å². The van der Waals surface area contributed by atoms with Gasteiger partial charge in [-0.25, -0.2) is 0 Å². The van der Waals surface area contributed by atoms with E-state index in [1.54, 1.807) is 0 Å². The fourth-order valence-corrected chi connectivity index (χ4v) is 3.93. The Balaban J connectivity index is 1.58. The number of thioether (sulfide) groups is 1. The summed E-state index contributed by atoms with van der Waals surface area (Å²) in [4.78, 5) is 0. The second-order valence-corrected chi connectivity index (χ2v) is 7.94. The molecule has 1 aliphatic heterocycles. The zero-order chi connectivity index (χ0) is 16.1. The molecule has 2 fully saturated rings. The first-order valence-electron chi connectivity index (χ1n) is 8.66. The molecule has 1 saturated heterocycles. The third kappa shape index (κ3) is 4.97. The maximum Gasteiger partial charge on any atom is 0.0577 e. The van der Waals surface area contributed by atoms with Crippen LogP contribution in [0.1, 0.15) is 50.2 Å². The van der Waals surface area contributed by atoms with E-state index in [0.29, 0.717) is 5.92 Å². The first kappa shape index (κ1) is 16.3. The van der Waals surface area contributed by atoms with E-state index in [-0.39, 0.29) is 0 Å². The Morgan fingerprint density at radius 2 is 2.00 bits per heavy atom. The SMILES string of the molecule is C/C(NCC1CCCCS1)=C(/N)c1ccc(C#CC2CC2)cc1.